The van der Waals surface area contributed by atoms with Crippen LogP contribution in [-0.4, -0.2) is 23.3 Å². The summed E-state index contributed by atoms with van der Waals surface area (Å²) < 4.78 is 23.8. The van der Waals surface area contributed by atoms with E-state index in [1.807, 2.05) is 0 Å². The summed E-state index contributed by atoms with van der Waals surface area (Å²) in [4.78, 5) is 0. The molecule has 5 nitrogen and oxygen atoms in total. The van der Waals surface area contributed by atoms with E-state index in [2.05, 4.69) is 15.5 Å². The van der Waals surface area contributed by atoms with Gasteiger partial charge in [-0.05, 0) is 50.2 Å². The number of aromatic nitrogens is 2. The molecule has 0 aliphatic carbocycles. The summed E-state index contributed by atoms with van der Waals surface area (Å²) in [5, 5.41) is 11.4. The smallest absolute Gasteiger partial charge is 0.253 e. The van der Waals surface area contributed by atoms with E-state index in [0.29, 0.717) is 23.4 Å². The van der Waals surface area contributed by atoms with Crippen molar-refractivity contribution in [3.05, 3.63) is 41.9 Å². The molecule has 3 rings (SSSR count). The van der Waals surface area contributed by atoms with Gasteiger partial charge in [0.25, 0.3) is 5.89 Å². The van der Waals surface area contributed by atoms with Crippen molar-refractivity contribution in [1.29, 1.82) is 0 Å². The van der Waals surface area contributed by atoms with E-state index in [1.165, 1.54) is 12.1 Å². The summed E-state index contributed by atoms with van der Waals surface area (Å²) in [6.45, 7) is 2.16. The maximum Gasteiger partial charge on any atom is 0.253 e. The van der Waals surface area contributed by atoms with E-state index >= 15 is 0 Å². The molecule has 0 radical (unpaired) electrons. The maximum atomic E-state index is 12.8. The molecule has 0 atom stereocenters. The first kappa shape index (κ1) is 13.1. The lowest BCUT2D eigenvalue weighted by Gasteiger charge is -2.18. The van der Waals surface area contributed by atoms with Crippen molar-refractivity contribution >= 4 is 0 Å². The highest BCUT2D eigenvalue weighted by atomic mass is 19.1. The quantitative estimate of drug-likeness (QED) is 0.928. The topological polar surface area (TPSA) is 60.2 Å². The molecule has 1 aliphatic heterocycles. The Labute approximate surface area is 116 Å². The van der Waals surface area contributed by atoms with Gasteiger partial charge in [0.05, 0.1) is 0 Å². The van der Waals surface area contributed by atoms with Crippen LogP contribution in [0.2, 0.25) is 0 Å². The van der Waals surface area contributed by atoms with Crippen LogP contribution in [0.3, 0.4) is 0 Å². The fourth-order valence-corrected chi connectivity index (χ4v) is 2.23. The Morgan fingerprint density at radius 3 is 2.70 bits per heavy atom. The Morgan fingerprint density at radius 1 is 1.20 bits per heavy atom. The van der Waals surface area contributed by atoms with Gasteiger partial charge in [-0.25, -0.2) is 4.39 Å². The molecular formula is C14H16FN3O2. The Hall–Kier alpha value is -1.95. The zero-order valence-corrected chi connectivity index (χ0v) is 11.0. The van der Waals surface area contributed by atoms with Crippen LogP contribution in [-0.2, 0) is 6.61 Å². The van der Waals surface area contributed by atoms with Gasteiger partial charge in [-0.15, -0.1) is 10.2 Å². The Balaban J connectivity index is 1.58. The van der Waals surface area contributed by atoms with E-state index in [1.54, 1.807) is 12.1 Å². The van der Waals surface area contributed by atoms with Crippen molar-refractivity contribution in [3.8, 4) is 5.75 Å². The summed E-state index contributed by atoms with van der Waals surface area (Å²) >= 11 is 0. The van der Waals surface area contributed by atoms with E-state index in [0.717, 1.165) is 25.9 Å². The summed E-state index contributed by atoms with van der Waals surface area (Å²) in [6.07, 6.45) is 2.03. The molecule has 6 heteroatoms. The zero-order chi connectivity index (χ0) is 13.8. The highest BCUT2D eigenvalue weighted by molar-refractivity contribution is 5.22. The SMILES string of the molecule is Fc1ccc(OCc2nnc(C3CCNCC3)o2)cc1. The Bertz CT molecular complexity index is 550. The van der Waals surface area contributed by atoms with Crippen molar-refractivity contribution in [2.75, 3.05) is 13.1 Å². The van der Waals surface area contributed by atoms with Gasteiger partial charge in [-0.2, -0.15) is 0 Å². The third-order valence-corrected chi connectivity index (χ3v) is 3.35. The largest absolute Gasteiger partial charge is 0.484 e. The predicted molar refractivity (Wildman–Crippen MR) is 69.9 cm³/mol. The van der Waals surface area contributed by atoms with Gasteiger partial charge in [-0.1, -0.05) is 0 Å². The van der Waals surface area contributed by atoms with Gasteiger partial charge < -0.3 is 14.5 Å². The van der Waals surface area contributed by atoms with E-state index in [9.17, 15) is 4.39 Å². The first-order valence-electron chi connectivity index (χ1n) is 6.72. The van der Waals surface area contributed by atoms with Gasteiger partial charge in [0, 0.05) is 5.92 Å². The van der Waals surface area contributed by atoms with Crippen LogP contribution in [0.5, 0.6) is 5.75 Å². The maximum absolute atomic E-state index is 12.8. The van der Waals surface area contributed by atoms with Crippen molar-refractivity contribution in [2.24, 2.45) is 0 Å². The van der Waals surface area contributed by atoms with Crippen LogP contribution in [0.1, 0.15) is 30.5 Å². The van der Waals surface area contributed by atoms with Gasteiger partial charge in [0.2, 0.25) is 5.89 Å². The van der Waals surface area contributed by atoms with Crippen LogP contribution in [0.25, 0.3) is 0 Å². The van der Waals surface area contributed by atoms with Gasteiger partial charge in [0.1, 0.15) is 11.6 Å². The molecule has 1 aromatic heterocycles. The minimum atomic E-state index is -0.289. The number of nitrogens with zero attached hydrogens (tertiary/aromatic N) is 2. The lowest BCUT2D eigenvalue weighted by Crippen LogP contribution is -2.26. The van der Waals surface area contributed by atoms with Crippen molar-refractivity contribution in [2.45, 2.75) is 25.4 Å². The number of halogens is 1. The summed E-state index contributed by atoms with van der Waals surface area (Å²) in [5.74, 6) is 1.76. The number of ether oxygens (including phenoxy) is 1. The second-order valence-electron chi connectivity index (χ2n) is 4.80. The van der Waals surface area contributed by atoms with Crippen molar-refractivity contribution in [1.82, 2.24) is 15.5 Å². The molecule has 20 heavy (non-hydrogen) atoms. The van der Waals surface area contributed by atoms with Crippen LogP contribution in [0, 0.1) is 5.82 Å². The van der Waals surface area contributed by atoms with Gasteiger partial charge >= 0.3 is 0 Å². The Morgan fingerprint density at radius 2 is 1.95 bits per heavy atom. The third kappa shape index (κ3) is 3.14. The molecule has 1 N–H and O–H groups in total. The number of benzene rings is 1. The number of hydrogen-bond donors (Lipinski definition) is 1. The molecule has 1 aliphatic rings. The van der Waals surface area contributed by atoms with E-state index < -0.39 is 0 Å². The highest BCUT2D eigenvalue weighted by Crippen LogP contribution is 2.24. The molecule has 0 amide bonds. The molecule has 106 valence electrons. The summed E-state index contributed by atoms with van der Waals surface area (Å²) in [6, 6.07) is 5.84. The molecular weight excluding hydrogens is 261 g/mol. The lowest BCUT2D eigenvalue weighted by molar-refractivity contribution is 0.252. The zero-order valence-electron chi connectivity index (χ0n) is 11.0. The molecule has 0 unspecified atom stereocenters. The van der Waals surface area contributed by atoms with Crippen LogP contribution >= 0.6 is 0 Å². The van der Waals surface area contributed by atoms with E-state index in [-0.39, 0.29) is 12.4 Å². The monoisotopic (exact) mass is 277 g/mol. The summed E-state index contributed by atoms with van der Waals surface area (Å²) in [5.41, 5.74) is 0. The first-order chi connectivity index (χ1) is 9.81. The minimum absolute atomic E-state index is 0.198. The average Bonchev–Trinajstić information content (AvgIpc) is 2.97. The number of piperidine rings is 1. The summed E-state index contributed by atoms with van der Waals surface area (Å²) in [7, 11) is 0. The van der Waals surface area contributed by atoms with Gasteiger partial charge in [-0.3, -0.25) is 0 Å². The normalized spacial score (nSPS) is 16.2. The fraction of sp³-hybridized carbons (Fsp3) is 0.429. The number of rotatable bonds is 4. The first-order valence-corrected chi connectivity index (χ1v) is 6.72. The molecule has 0 saturated carbocycles. The van der Waals surface area contributed by atoms with Gasteiger partial charge in [0.15, 0.2) is 6.61 Å². The van der Waals surface area contributed by atoms with E-state index in [4.69, 9.17) is 9.15 Å². The predicted octanol–water partition coefficient (Wildman–Crippen LogP) is 2.25. The van der Waals surface area contributed by atoms with Crippen LogP contribution in [0.4, 0.5) is 4.39 Å². The van der Waals surface area contributed by atoms with Crippen molar-refractivity contribution in [3.63, 3.8) is 0 Å². The fourth-order valence-electron chi connectivity index (χ4n) is 2.23. The average molecular weight is 277 g/mol. The minimum Gasteiger partial charge on any atom is -0.484 e. The van der Waals surface area contributed by atoms with Crippen LogP contribution < -0.4 is 10.1 Å². The Kier molecular flexibility index (Phi) is 3.92. The van der Waals surface area contributed by atoms with Crippen molar-refractivity contribution < 1.29 is 13.5 Å². The third-order valence-electron chi connectivity index (χ3n) is 3.35. The van der Waals surface area contributed by atoms with Crippen LogP contribution in [0.15, 0.2) is 28.7 Å². The number of hydrogen-bond acceptors (Lipinski definition) is 5. The highest BCUT2D eigenvalue weighted by Gasteiger charge is 2.21. The molecule has 2 heterocycles. The standard InChI is InChI=1S/C14H16FN3O2/c15-11-1-3-12(4-2-11)19-9-13-17-18-14(20-13)10-5-7-16-8-6-10/h1-4,10,16H,5-9H2. The second-order valence-corrected chi connectivity index (χ2v) is 4.80. The second kappa shape index (κ2) is 6.00. The molecule has 0 spiro atoms. The molecule has 0 bridgehead atoms. The molecule has 2 aromatic rings. The lowest BCUT2D eigenvalue weighted by atomic mass is 9.98. The molecule has 1 saturated heterocycles. The number of nitrogens with one attached hydrogen (secondary N) is 1. The molecule has 1 aromatic carbocycles. The molecule has 1 fully saturated rings.